The lowest BCUT2D eigenvalue weighted by molar-refractivity contribution is -0.178. The predicted octanol–water partition coefficient (Wildman–Crippen LogP) is 4.19. The van der Waals surface area contributed by atoms with Gasteiger partial charge in [-0.2, -0.15) is 0 Å². The van der Waals surface area contributed by atoms with E-state index in [4.69, 9.17) is 11.6 Å². The van der Waals surface area contributed by atoms with Crippen LogP contribution in [0.3, 0.4) is 0 Å². The molecule has 2 fully saturated rings. The average Bonchev–Trinajstić information content (AvgIpc) is 3.10. The number of nitrogens with one attached hydrogen (secondary N) is 1. The van der Waals surface area contributed by atoms with Crippen LogP contribution in [0.5, 0.6) is 0 Å². The van der Waals surface area contributed by atoms with Crippen molar-refractivity contribution in [3.8, 4) is 0 Å². The number of aliphatic hydroxyl groups is 3. The Kier molecular flexibility index (Phi) is 7.90. The average molecular weight is 611 g/mol. The summed E-state index contributed by atoms with van der Waals surface area (Å²) in [6.07, 6.45) is -1.67. The van der Waals surface area contributed by atoms with Crippen LogP contribution in [0.25, 0.3) is 0 Å². The van der Waals surface area contributed by atoms with E-state index in [-0.39, 0.29) is 39.7 Å². The lowest BCUT2D eigenvalue weighted by atomic mass is 9.69. The molecule has 4 unspecified atom stereocenters. The number of nitrogens with zero attached hydrogens (tertiary/aromatic N) is 1. The van der Waals surface area contributed by atoms with Gasteiger partial charge in [0.05, 0.1) is 26.5 Å². The van der Waals surface area contributed by atoms with Crippen molar-refractivity contribution in [1.82, 2.24) is 4.98 Å². The molecule has 4 atom stereocenters. The van der Waals surface area contributed by atoms with Crippen molar-refractivity contribution >= 4 is 33.0 Å². The molecule has 0 aliphatic heterocycles. The van der Waals surface area contributed by atoms with E-state index in [9.17, 15) is 41.7 Å². The van der Waals surface area contributed by atoms with Crippen LogP contribution in [0.15, 0.2) is 59.6 Å². The molecular formula is C28H26ClF3N2O6S. The number of aromatic nitrogens is 1. The Morgan fingerprint density at radius 1 is 1.00 bits per heavy atom. The third-order valence-electron chi connectivity index (χ3n) is 8.20. The molecule has 0 saturated heterocycles. The summed E-state index contributed by atoms with van der Waals surface area (Å²) in [5.41, 5.74) is -2.12. The van der Waals surface area contributed by atoms with Gasteiger partial charge in [-0.15, -0.1) is 0 Å². The lowest BCUT2D eigenvalue weighted by Crippen LogP contribution is -2.57. The van der Waals surface area contributed by atoms with Gasteiger partial charge in [0.2, 0.25) is 0 Å². The van der Waals surface area contributed by atoms with Gasteiger partial charge in [-0.1, -0.05) is 11.6 Å². The molecule has 13 heteroatoms. The molecule has 2 aliphatic carbocycles. The van der Waals surface area contributed by atoms with Crippen molar-refractivity contribution in [2.45, 2.75) is 53.6 Å². The fourth-order valence-electron chi connectivity index (χ4n) is 6.10. The van der Waals surface area contributed by atoms with Crippen LogP contribution in [0, 0.1) is 29.3 Å². The summed E-state index contributed by atoms with van der Waals surface area (Å²) in [5.74, 6) is -5.13. The van der Waals surface area contributed by atoms with Gasteiger partial charge in [-0.25, -0.2) is 21.6 Å². The molecule has 2 bridgehead atoms. The first kappa shape index (κ1) is 29.5. The normalized spacial score (nSPS) is 25.5. The van der Waals surface area contributed by atoms with Gasteiger partial charge in [0, 0.05) is 23.5 Å². The molecule has 5 rings (SSSR count). The quantitative estimate of drug-likeness (QED) is 0.315. The fraction of sp³-hybridized carbons (Fsp3) is 0.357. The molecule has 3 aromatic rings. The first-order chi connectivity index (χ1) is 19.3. The highest BCUT2D eigenvalue weighted by Crippen LogP contribution is 2.55. The largest absolute Gasteiger partial charge is 0.387 e. The number of amides is 1. The molecule has 2 aromatic carbocycles. The van der Waals surface area contributed by atoms with Gasteiger partial charge in [0.25, 0.3) is 5.91 Å². The molecule has 1 heterocycles. The first-order valence-electron chi connectivity index (χ1n) is 12.8. The standard InChI is InChI=1S/C28H26ClF3N2O6S/c29-20-5-1-14(27(37)34-18-4-6-21(31)22(32)13-18)9-24(20)41(39,40)19-10-15-2-3-16(11-19)28(15,38)26(36)25(35)23-12-17(30)7-8-33-23/h1,4-9,12-13,15-16,19,25-26,35-36,38H,2-3,10-11H2,(H,34,37)/t15?,16?,19-,25?,26?,28-. The number of fused-ring (bicyclic) bond motifs is 2. The molecule has 8 nitrogen and oxygen atoms in total. The maximum absolute atomic E-state index is 13.8. The first-order valence-corrected chi connectivity index (χ1v) is 14.7. The Labute approximate surface area is 238 Å². The number of anilines is 1. The third kappa shape index (κ3) is 5.35. The summed E-state index contributed by atoms with van der Waals surface area (Å²) in [5, 5.41) is 34.5. The van der Waals surface area contributed by atoms with Crippen molar-refractivity contribution < 1.29 is 41.7 Å². The highest BCUT2D eigenvalue weighted by Gasteiger charge is 2.60. The van der Waals surface area contributed by atoms with E-state index in [0.717, 1.165) is 42.6 Å². The van der Waals surface area contributed by atoms with Crippen molar-refractivity contribution in [2.24, 2.45) is 11.8 Å². The molecular weight excluding hydrogens is 585 g/mol. The van der Waals surface area contributed by atoms with Crippen molar-refractivity contribution in [3.63, 3.8) is 0 Å². The van der Waals surface area contributed by atoms with Gasteiger partial charge < -0.3 is 20.6 Å². The third-order valence-corrected chi connectivity index (χ3v) is 10.9. The zero-order valence-electron chi connectivity index (χ0n) is 21.3. The Bertz CT molecular complexity index is 1590. The highest BCUT2D eigenvalue weighted by atomic mass is 35.5. The van der Waals surface area contributed by atoms with Gasteiger partial charge >= 0.3 is 0 Å². The Hall–Kier alpha value is -3.03. The number of aliphatic hydroxyl groups excluding tert-OH is 2. The highest BCUT2D eigenvalue weighted by molar-refractivity contribution is 7.92. The molecule has 0 spiro atoms. The number of rotatable bonds is 7. The van der Waals surface area contributed by atoms with Crippen molar-refractivity contribution in [3.05, 3.63) is 88.5 Å². The summed E-state index contributed by atoms with van der Waals surface area (Å²) in [4.78, 5) is 16.3. The van der Waals surface area contributed by atoms with E-state index in [1.807, 2.05) is 0 Å². The van der Waals surface area contributed by atoms with Crippen LogP contribution in [0.1, 0.15) is 47.8 Å². The summed E-state index contributed by atoms with van der Waals surface area (Å²) in [6, 6.07) is 8.44. The van der Waals surface area contributed by atoms with Crippen LogP contribution >= 0.6 is 11.6 Å². The zero-order valence-corrected chi connectivity index (χ0v) is 22.9. The molecule has 218 valence electrons. The number of pyridine rings is 1. The van der Waals surface area contributed by atoms with E-state index in [0.29, 0.717) is 12.8 Å². The maximum atomic E-state index is 13.8. The molecule has 41 heavy (non-hydrogen) atoms. The fourth-order valence-corrected chi connectivity index (χ4v) is 8.50. The minimum absolute atomic E-state index is 0.0365. The van der Waals surface area contributed by atoms with E-state index in [1.54, 1.807) is 0 Å². The predicted molar refractivity (Wildman–Crippen MR) is 142 cm³/mol. The van der Waals surface area contributed by atoms with Crippen LogP contribution in [0.4, 0.5) is 18.9 Å². The summed E-state index contributed by atoms with van der Waals surface area (Å²) < 4.78 is 68.0. The summed E-state index contributed by atoms with van der Waals surface area (Å²) in [6.45, 7) is 0. The van der Waals surface area contributed by atoms with Crippen molar-refractivity contribution in [2.75, 3.05) is 5.32 Å². The maximum Gasteiger partial charge on any atom is 0.255 e. The monoisotopic (exact) mass is 610 g/mol. The number of carbonyl (C=O) groups is 1. The number of carbonyl (C=O) groups excluding carboxylic acids is 1. The second kappa shape index (κ2) is 11.0. The van der Waals surface area contributed by atoms with Gasteiger partial charge in [-0.3, -0.25) is 9.78 Å². The minimum atomic E-state index is -4.15. The van der Waals surface area contributed by atoms with Crippen LogP contribution in [-0.2, 0) is 9.84 Å². The van der Waals surface area contributed by atoms with Crippen LogP contribution in [-0.4, -0.2) is 51.6 Å². The Balaban J connectivity index is 1.37. The number of hydrogen-bond acceptors (Lipinski definition) is 7. The number of sulfone groups is 1. The van der Waals surface area contributed by atoms with E-state index in [1.165, 1.54) is 12.1 Å². The van der Waals surface area contributed by atoms with Crippen LogP contribution < -0.4 is 5.32 Å². The SMILES string of the molecule is O=C(Nc1ccc(F)c(F)c1)c1ccc(Cl)c(S(=O)(=O)[C@H]2CC3CCC(C2)[C@]3(O)C(O)C(O)c2cc(F)ccn2)c1. The van der Waals surface area contributed by atoms with Gasteiger partial charge in [-0.05, 0) is 80.0 Å². The molecule has 2 saturated carbocycles. The topological polar surface area (TPSA) is 137 Å². The van der Waals surface area contributed by atoms with E-state index < -0.39 is 68.1 Å². The van der Waals surface area contributed by atoms with Gasteiger partial charge in [0.15, 0.2) is 21.5 Å². The molecule has 1 amide bonds. The Morgan fingerprint density at radius 3 is 2.32 bits per heavy atom. The number of hydrogen-bond donors (Lipinski definition) is 4. The number of benzene rings is 2. The van der Waals surface area contributed by atoms with Crippen molar-refractivity contribution in [1.29, 1.82) is 0 Å². The smallest absolute Gasteiger partial charge is 0.255 e. The van der Waals surface area contributed by atoms with Crippen LogP contribution in [0.2, 0.25) is 5.02 Å². The molecule has 0 radical (unpaired) electrons. The lowest BCUT2D eigenvalue weighted by Gasteiger charge is -2.46. The summed E-state index contributed by atoms with van der Waals surface area (Å²) in [7, 11) is -4.15. The Morgan fingerprint density at radius 2 is 1.68 bits per heavy atom. The van der Waals surface area contributed by atoms with E-state index >= 15 is 0 Å². The zero-order chi connectivity index (χ0) is 29.7. The van der Waals surface area contributed by atoms with E-state index in [2.05, 4.69) is 10.3 Å². The second-order valence-corrected chi connectivity index (χ2v) is 13.1. The minimum Gasteiger partial charge on any atom is -0.387 e. The van der Waals surface area contributed by atoms with Gasteiger partial charge in [0.1, 0.15) is 18.0 Å². The summed E-state index contributed by atoms with van der Waals surface area (Å²) >= 11 is 6.26. The second-order valence-electron chi connectivity index (χ2n) is 10.5. The molecule has 2 aliphatic rings. The molecule has 1 aromatic heterocycles. The molecule has 4 N–H and O–H groups in total. The number of halogens is 4.